The Labute approximate surface area is 189 Å². The molecule has 0 fully saturated rings. The van der Waals surface area contributed by atoms with Gasteiger partial charge in [0.2, 0.25) is 5.95 Å². The summed E-state index contributed by atoms with van der Waals surface area (Å²) >= 11 is 0. The number of aliphatic hydroxyl groups is 1. The molecule has 172 valence electrons. The fourth-order valence-electron chi connectivity index (χ4n) is 3.52. The van der Waals surface area contributed by atoms with Crippen LogP contribution >= 0.6 is 0 Å². The van der Waals surface area contributed by atoms with Crippen LogP contribution in [-0.4, -0.2) is 48.0 Å². The van der Waals surface area contributed by atoms with Crippen molar-refractivity contribution in [1.29, 1.82) is 0 Å². The molecule has 1 aromatic carbocycles. The summed E-state index contributed by atoms with van der Waals surface area (Å²) < 4.78 is 30.2. The Morgan fingerprint density at radius 2 is 2.18 bits per heavy atom. The number of fused-ring (bicyclic) bond motifs is 1. The van der Waals surface area contributed by atoms with Crippen LogP contribution in [0.1, 0.15) is 18.1 Å². The second-order valence-electron chi connectivity index (χ2n) is 7.31. The molecule has 33 heavy (non-hydrogen) atoms. The number of hydrogen-bond donors (Lipinski definition) is 3. The van der Waals surface area contributed by atoms with Gasteiger partial charge in [0.1, 0.15) is 11.9 Å². The van der Waals surface area contributed by atoms with Crippen LogP contribution in [0.5, 0.6) is 5.75 Å². The third-order valence-electron chi connectivity index (χ3n) is 5.20. The van der Waals surface area contributed by atoms with E-state index in [9.17, 15) is 14.3 Å². The van der Waals surface area contributed by atoms with E-state index in [-0.39, 0.29) is 17.9 Å². The van der Waals surface area contributed by atoms with Crippen molar-refractivity contribution in [3.63, 3.8) is 0 Å². The van der Waals surface area contributed by atoms with Crippen molar-refractivity contribution >= 4 is 23.4 Å². The maximum atomic E-state index is 14.4. The maximum Gasteiger partial charge on any atom is 0.330 e. The number of hydrogen-bond acceptors (Lipinski definition) is 9. The molecule has 1 aromatic heterocycles. The average Bonchev–Trinajstić information content (AvgIpc) is 2.83. The summed E-state index contributed by atoms with van der Waals surface area (Å²) in [7, 11) is 2.89. The third-order valence-corrected chi connectivity index (χ3v) is 5.20. The van der Waals surface area contributed by atoms with Crippen molar-refractivity contribution < 1.29 is 28.5 Å². The molecule has 0 radical (unpaired) electrons. The van der Waals surface area contributed by atoms with Gasteiger partial charge in [-0.05, 0) is 29.8 Å². The molecular formula is C23H23FN4O5. The quantitative estimate of drug-likeness (QED) is 0.447. The van der Waals surface area contributed by atoms with Crippen molar-refractivity contribution in [2.45, 2.75) is 18.6 Å². The molecule has 1 aliphatic heterocycles. The third kappa shape index (κ3) is 5.02. The van der Waals surface area contributed by atoms with Gasteiger partial charge in [0.05, 0.1) is 31.7 Å². The highest BCUT2D eigenvalue weighted by atomic mass is 19.1. The number of rotatable bonds is 6. The van der Waals surface area contributed by atoms with E-state index >= 15 is 0 Å². The van der Waals surface area contributed by atoms with E-state index in [2.05, 4.69) is 25.3 Å². The first-order valence-corrected chi connectivity index (χ1v) is 10.2. The summed E-state index contributed by atoms with van der Waals surface area (Å²) in [6, 6.07) is 5.39. The summed E-state index contributed by atoms with van der Waals surface area (Å²) in [5.41, 5.74) is 2.12. The second-order valence-corrected chi connectivity index (χ2v) is 7.31. The highest BCUT2D eigenvalue weighted by Gasteiger charge is 2.22. The zero-order valence-corrected chi connectivity index (χ0v) is 18.0. The van der Waals surface area contributed by atoms with Gasteiger partial charge in [-0.3, -0.25) is 0 Å². The van der Waals surface area contributed by atoms with Crippen LogP contribution in [-0.2, 0) is 14.3 Å². The SMILES string of the molecule is COC(=O)C=C1C=CC=C(Nc2ncc(F)c(Nc3ccc4c(c3)C(OC)CCO4)n2)C1O. The molecule has 3 N–H and O–H groups in total. The van der Waals surface area contributed by atoms with Crippen molar-refractivity contribution in [1.82, 2.24) is 9.97 Å². The normalized spacial score (nSPS) is 20.5. The van der Waals surface area contributed by atoms with Crippen LogP contribution in [0.3, 0.4) is 0 Å². The Morgan fingerprint density at radius 1 is 1.33 bits per heavy atom. The minimum absolute atomic E-state index is 0.0510. The number of anilines is 3. The summed E-state index contributed by atoms with van der Waals surface area (Å²) in [4.78, 5) is 19.6. The lowest BCUT2D eigenvalue weighted by Gasteiger charge is -2.25. The first-order valence-electron chi connectivity index (χ1n) is 10.2. The van der Waals surface area contributed by atoms with E-state index in [4.69, 9.17) is 9.47 Å². The lowest BCUT2D eigenvalue weighted by molar-refractivity contribution is -0.134. The number of methoxy groups -OCH3 is 2. The molecule has 0 spiro atoms. The number of ether oxygens (including phenoxy) is 3. The van der Waals surface area contributed by atoms with Crippen LogP contribution in [0.4, 0.5) is 21.8 Å². The molecule has 1 aliphatic carbocycles. The van der Waals surface area contributed by atoms with E-state index < -0.39 is 17.9 Å². The minimum atomic E-state index is -1.13. The molecule has 0 saturated heterocycles. The molecule has 0 bridgehead atoms. The van der Waals surface area contributed by atoms with Crippen LogP contribution in [0, 0.1) is 5.82 Å². The minimum Gasteiger partial charge on any atom is -0.493 e. The first-order chi connectivity index (χ1) is 16.0. The number of carbonyl (C=O) groups is 1. The summed E-state index contributed by atoms with van der Waals surface area (Å²) in [5, 5.41) is 16.3. The Morgan fingerprint density at radius 3 is 2.97 bits per heavy atom. The Kier molecular flexibility index (Phi) is 6.66. The molecule has 2 unspecified atom stereocenters. The Balaban J connectivity index is 1.53. The number of aromatic nitrogens is 2. The number of halogens is 1. The van der Waals surface area contributed by atoms with Gasteiger partial charge < -0.3 is 30.0 Å². The summed E-state index contributed by atoms with van der Waals surface area (Å²) in [5.74, 6) is -0.503. The largest absolute Gasteiger partial charge is 0.493 e. The molecule has 10 heteroatoms. The fraction of sp³-hybridized carbons (Fsp3) is 0.261. The van der Waals surface area contributed by atoms with Gasteiger partial charge in [-0.15, -0.1) is 0 Å². The number of aliphatic hydroxyl groups excluding tert-OH is 1. The second kappa shape index (κ2) is 9.80. The number of esters is 1. The average molecular weight is 454 g/mol. The number of carbonyl (C=O) groups excluding carboxylic acids is 1. The predicted octanol–water partition coefficient (Wildman–Crippen LogP) is 3.16. The molecular weight excluding hydrogens is 431 g/mol. The van der Waals surface area contributed by atoms with Crippen molar-refractivity contribution in [3.8, 4) is 5.75 Å². The molecule has 0 saturated carbocycles. The standard InChI is InChI=1S/C23H23FN4O5/c1-31-18-8-9-33-19-7-6-14(11-15(18)19)26-22-16(24)12-25-23(28-22)27-17-5-3-4-13(21(17)30)10-20(29)32-2/h3-7,10-12,18,21,30H,8-9H2,1-2H3,(H2,25,26,27,28). The number of nitrogens with one attached hydrogen (secondary N) is 2. The van der Waals surface area contributed by atoms with Crippen LogP contribution in [0.15, 0.2) is 60.0 Å². The number of nitrogens with zero attached hydrogens (tertiary/aromatic N) is 2. The van der Waals surface area contributed by atoms with Gasteiger partial charge in [0.15, 0.2) is 11.6 Å². The van der Waals surface area contributed by atoms with Crippen molar-refractivity contribution in [3.05, 3.63) is 71.4 Å². The molecule has 2 aromatic rings. The lowest BCUT2D eigenvalue weighted by atomic mass is 10.0. The van der Waals surface area contributed by atoms with Gasteiger partial charge >= 0.3 is 5.97 Å². The van der Waals surface area contributed by atoms with E-state index in [0.717, 1.165) is 23.9 Å². The molecule has 4 rings (SSSR count). The Bertz CT molecular complexity index is 1150. The van der Waals surface area contributed by atoms with Gasteiger partial charge in [0, 0.05) is 30.9 Å². The molecule has 2 aliphatic rings. The maximum absolute atomic E-state index is 14.4. The highest BCUT2D eigenvalue weighted by molar-refractivity contribution is 5.84. The van der Waals surface area contributed by atoms with Crippen LogP contribution in [0.2, 0.25) is 0 Å². The predicted molar refractivity (Wildman–Crippen MR) is 119 cm³/mol. The lowest BCUT2D eigenvalue weighted by Crippen LogP contribution is -2.22. The van der Waals surface area contributed by atoms with E-state index in [1.54, 1.807) is 37.5 Å². The number of allylic oxidation sites excluding steroid dienone is 2. The van der Waals surface area contributed by atoms with Gasteiger partial charge in [-0.2, -0.15) is 4.98 Å². The number of benzene rings is 1. The van der Waals surface area contributed by atoms with Crippen LogP contribution < -0.4 is 15.4 Å². The van der Waals surface area contributed by atoms with Gasteiger partial charge in [0.25, 0.3) is 0 Å². The molecule has 2 heterocycles. The van der Waals surface area contributed by atoms with Crippen LogP contribution in [0.25, 0.3) is 0 Å². The van der Waals surface area contributed by atoms with Crippen molar-refractivity contribution in [2.75, 3.05) is 31.5 Å². The first kappa shape index (κ1) is 22.4. The zero-order valence-electron chi connectivity index (χ0n) is 18.0. The highest BCUT2D eigenvalue weighted by Crippen LogP contribution is 2.36. The Hall–Kier alpha value is -3.76. The molecule has 2 atom stereocenters. The van der Waals surface area contributed by atoms with E-state index in [1.807, 2.05) is 6.07 Å². The monoisotopic (exact) mass is 454 g/mol. The van der Waals surface area contributed by atoms with Gasteiger partial charge in [-0.1, -0.05) is 12.2 Å². The van der Waals surface area contributed by atoms with E-state index in [0.29, 0.717) is 23.6 Å². The summed E-state index contributed by atoms with van der Waals surface area (Å²) in [6.07, 6.45) is 6.52. The molecule has 0 amide bonds. The molecule has 9 nitrogen and oxygen atoms in total. The van der Waals surface area contributed by atoms with Gasteiger partial charge in [-0.25, -0.2) is 14.2 Å². The van der Waals surface area contributed by atoms with Crippen molar-refractivity contribution in [2.24, 2.45) is 0 Å². The smallest absolute Gasteiger partial charge is 0.330 e. The topological polar surface area (TPSA) is 115 Å². The zero-order chi connectivity index (χ0) is 23.4. The summed E-state index contributed by atoms with van der Waals surface area (Å²) in [6.45, 7) is 0.571. The van der Waals surface area contributed by atoms with E-state index in [1.165, 1.54) is 13.2 Å². The fourth-order valence-corrected chi connectivity index (χ4v) is 3.52.